The molecule has 2 aromatic carbocycles. The highest BCUT2D eigenvalue weighted by Crippen LogP contribution is 2.26. The molecule has 0 aliphatic heterocycles. The van der Waals surface area contributed by atoms with Crippen molar-refractivity contribution < 1.29 is 0 Å². The Morgan fingerprint density at radius 1 is 0.774 bits per heavy atom. The van der Waals surface area contributed by atoms with Gasteiger partial charge in [0.05, 0.1) is 16.9 Å². The molecule has 0 aliphatic carbocycles. The lowest BCUT2D eigenvalue weighted by Gasteiger charge is -2.12. The van der Waals surface area contributed by atoms with Gasteiger partial charge in [0, 0.05) is 23.1 Å². The number of aromatic nitrogens is 5. The Morgan fingerprint density at radius 2 is 1.55 bits per heavy atom. The Labute approximate surface area is 180 Å². The highest BCUT2D eigenvalue weighted by Gasteiger charge is 2.13. The Kier molecular flexibility index (Phi) is 4.67. The molecule has 0 fully saturated rings. The Balaban J connectivity index is 1.56. The summed E-state index contributed by atoms with van der Waals surface area (Å²) in [6.07, 6.45) is 0. The van der Waals surface area contributed by atoms with E-state index in [0.717, 1.165) is 45.1 Å². The number of hydrogen-bond donors (Lipinski definition) is 1. The van der Waals surface area contributed by atoms with Gasteiger partial charge in [-0.05, 0) is 38.5 Å². The van der Waals surface area contributed by atoms with Crippen molar-refractivity contribution in [2.45, 2.75) is 20.8 Å². The first-order chi connectivity index (χ1) is 15.1. The van der Waals surface area contributed by atoms with E-state index in [2.05, 4.69) is 39.4 Å². The first kappa shape index (κ1) is 18.9. The van der Waals surface area contributed by atoms with Gasteiger partial charge in [-0.1, -0.05) is 48.5 Å². The van der Waals surface area contributed by atoms with E-state index in [9.17, 15) is 0 Å². The van der Waals surface area contributed by atoms with Crippen molar-refractivity contribution in [2.75, 3.05) is 5.32 Å². The molecule has 5 rings (SSSR count). The Morgan fingerprint density at radius 3 is 2.39 bits per heavy atom. The van der Waals surface area contributed by atoms with Crippen LogP contribution >= 0.6 is 0 Å². The molecule has 0 radical (unpaired) electrons. The van der Waals surface area contributed by atoms with Crippen LogP contribution in [0.2, 0.25) is 0 Å². The minimum atomic E-state index is 0.700. The molecule has 31 heavy (non-hydrogen) atoms. The molecule has 0 spiro atoms. The maximum atomic E-state index is 4.83. The average Bonchev–Trinajstić information content (AvgIpc) is 3.14. The SMILES string of the molecule is Cc1cc(Nc2cc(-c3ccccc3)nc(C)n2)n(-c2cc(C)c3ccccc3n2)n1. The summed E-state index contributed by atoms with van der Waals surface area (Å²) < 4.78 is 1.83. The van der Waals surface area contributed by atoms with E-state index < -0.39 is 0 Å². The molecular weight excluding hydrogens is 384 g/mol. The second kappa shape index (κ2) is 7.65. The van der Waals surface area contributed by atoms with E-state index in [-0.39, 0.29) is 0 Å². The van der Waals surface area contributed by atoms with E-state index in [4.69, 9.17) is 4.98 Å². The average molecular weight is 406 g/mol. The van der Waals surface area contributed by atoms with Crippen LogP contribution in [0, 0.1) is 20.8 Å². The third kappa shape index (κ3) is 3.75. The van der Waals surface area contributed by atoms with Gasteiger partial charge in [0.25, 0.3) is 0 Å². The number of para-hydroxylation sites is 1. The first-order valence-electron chi connectivity index (χ1n) is 10.2. The Hall–Kier alpha value is -4.06. The number of fused-ring (bicyclic) bond motifs is 1. The van der Waals surface area contributed by atoms with Gasteiger partial charge in [0.2, 0.25) is 0 Å². The summed E-state index contributed by atoms with van der Waals surface area (Å²) in [4.78, 5) is 14.0. The fourth-order valence-electron chi connectivity index (χ4n) is 3.72. The minimum absolute atomic E-state index is 0.700. The zero-order chi connectivity index (χ0) is 21.4. The summed E-state index contributed by atoms with van der Waals surface area (Å²) in [5.41, 5.74) is 4.92. The van der Waals surface area contributed by atoms with Crippen LogP contribution < -0.4 is 5.32 Å². The van der Waals surface area contributed by atoms with Gasteiger partial charge < -0.3 is 5.32 Å². The lowest BCUT2D eigenvalue weighted by Crippen LogP contribution is -2.07. The van der Waals surface area contributed by atoms with Crippen molar-refractivity contribution in [3.05, 3.63) is 89.9 Å². The molecule has 3 heterocycles. The maximum absolute atomic E-state index is 4.83. The van der Waals surface area contributed by atoms with Crippen molar-refractivity contribution in [2.24, 2.45) is 0 Å². The molecule has 6 nitrogen and oxygen atoms in total. The third-order valence-electron chi connectivity index (χ3n) is 5.12. The van der Waals surface area contributed by atoms with Gasteiger partial charge in [-0.25, -0.2) is 15.0 Å². The van der Waals surface area contributed by atoms with Gasteiger partial charge in [-0.15, -0.1) is 0 Å². The van der Waals surface area contributed by atoms with Crippen LogP contribution in [0.4, 0.5) is 11.6 Å². The smallest absolute Gasteiger partial charge is 0.156 e. The van der Waals surface area contributed by atoms with E-state index in [1.165, 1.54) is 0 Å². The number of hydrogen-bond acceptors (Lipinski definition) is 5. The van der Waals surface area contributed by atoms with Gasteiger partial charge in [0.1, 0.15) is 17.5 Å². The molecule has 6 heteroatoms. The predicted molar refractivity (Wildman–Crippen MR) is 124 cm³/mol. The second-order valence-electron chi connectivity index (χ2n) is 7.57. The van der Waals surface area contributed by atoms with Crippen LogP contribution in [0.3, 0.4) is 0 Å². The van der Waals surface area contributed by atoms with Gasteiger partial charge in [0.15, 0.2) is 5.82 Å². The van der Waals surface area contributed by atoms with Crippen LogP contribution in [0.5, 0.6) is 0 Å². The molecule has 0 unspecified atom stereocenters. The van der Waals surface area contributed by atoms with Crippen LogP contribution in [0.15, 0.2) is 72.8 Å². The minimum Gasteiger partial charge on any atom is -0.325 e. The first-order valence-corrected chi connectivity index (χ1v) is 10.2. The zero-order valence-corrected chi connectivity index (χ0v) is 17.7. The zero-order valence-electron chi connectivity index (χ0n) is 17.7. The van der Waals surface area contributed by atoms with Crippen molar-refractivity contribution in [3.63, 3.8) is 0 Å². The van der Waals surface area contributed by atoms with Gasteiger partial charge in [-0.2, -0.15) is 9.78 Å². The summed E-state index contributed by atoms with van der Waals surface area (Å²) in [5, 5.41) is 9.24. The highest BCUT2D eigenvalue weighted by atomic mass is 15.4. The van der Waals surface area contributed by atoms with Crippen LogP contribution in [0.25, 0.3) is 28.0 Å². The fraction of sp³-hybridized carbons (Fsp3) is 0.120. The summed E-state index contributed by atoms with van der Waals surface area (Å²) >= 11 is 0. The molecule has 5 aromatic rings. The largest absolute Gasteiger partial charge is 0.325 e. The van der Waals surface area contributed by atoms with E-state index in [1.54, 1.807) is 0 Å². The monoisotopic (exact) mass is 406 g/mol. The van der Waals surface area contributed by atoms with Crippen LogP contribution in [-0.4, -0.2) is 24.7 Å². The van der Waals surface area contributed by atoms with Crippen molar-refractivity contribution in [1.29, 1.82) is 0 Å². The topological polar surface area (TPSA) is 68.5 Å². The highest BCUT2D eigenvalue weighted by molar-refractivity contribution is 5.83. The molecule has 0 aliphatic rings. The van der Waals surface area contributed by atoms with Gasteiger partial charge in [-0.3, -0.25) is 0 Å². The fourth-order valence-corrected chi connectivity index (χ4v) is 3.72. The normalized spacial score (nSPS) is 11.1. The molecule has 0 bridgehead atoms. The molecule has 0 saturated heterocycles. The molecule has 0 atom stereocenters. The van der Waals surface area contributed by atoms with E-state index in [0.29, 0.717) is 11.6 Å². The number of anilines is 2. The van der Waals surface area contributed by atoms with E-state index >= 15 is 0 Å². The summed E-state index contributed by atoms with van der Waals surface area (Å²) in [7, 11) is 0. The molecule has 0 saturated carbocycles. The van der Waals surface area contributed by atoms with E-state index in [1.807, 2.05) is 79.2 Å². The molecule has 3 aromatic heterocycles. The second-order valence-corrected chi connectivity index (χ2v) is 7.57. The standard InChI is InChI=1S/C25H22N6/c1-16-13-24(28-21-12-8-7-11-20(16)21)31-25(14-17(2)30-31)29-23-15-22(26-18(3)27-23)19-9-5-4-6-10-19/h4-15H,1-3H3,(H,26,27,29). The number of nitrogens with zero attached hydrogens (tertiary/aromatic N) is 5. The molecule has 152 valence electrons. The number of rotatable bonds is 4. The number of aryl methyl sites for hydroxylation is 3. The summed E-state index contributed by atoms with van der Waals surface area (Å²) in [6.45, 7) is 5.96. The molecular formula is C25H22N6. The maximum Gasteiger partial charge on any atom is 0.156 e. The van der Waals surface area contributed by atoms with Crippen molar-refractivity contribution >= 4 is 22.5 Å². The van der Waals surface area contributed by atoms with Crippen molar-refractivity contribution in [3.8, 4) is 17.1 Å². The van der Waals surface area contributed by atoms with Crippen molar-refractivity contribution in [1.82, 2.24) is 24.7 Å². The molecule has 1 N–H and O–H groups in total. The lowest BCUT2D eigenvalue weighted by atomic mass is 10.1. The quantitative estimate of drug-likeness (QED) is 0.424. The Bertz CT molecular complexity index is 1390. The summed E-state index contributed by atoms with van der Waals surface area (Å²) in [5.74, 6) is 2.98. The number of nitrogens with one attached hydrogen (secondary N) is 1. The predicted octanol–water partition coefficient (Wildman–Crippen LogP) is 5.55. The van der Waals surface area contributed by atoms with Crippen LogP contribution in [0.1, 0.15) is 17.1 Å². The third-order valence-corrected chi connectivity index (χ3v) is 5.12. The summed E-state index contributed by atoms with van der Waals surface area (Å²) in [6, 6.07) is 24.2. The lowest BCUT2D eigenvalue weighted by molar-refractivity contribution is 0.842. The number of benzene rings is 2. The van der Waals surface area contributed by atoms with Crippen LogP contribution in [-0.2, 0) is 0 Å². The van der Waals surface area contributed by atoms with Gasteiger partial charge >= 0.3 is 0 Å². The molecule has 0 amide bonds. The number of pyridine rings is 1.